The zero-order valence-electron chi connectivity index (χ0n) is 14.8. The molecule has 1 amide bonds. The molecule has 0 aliphatic carbocycles. The smallest absolute Gasteiger partial charge is 0.230 e. The summed E-state index contributed by atoms with van der Waals surface area (Å²) in [5.74, 6) is 0.0753. The Hall–Kier alpha value is -1.77. The van der Waals surface area contributed by atoms with Crippen LogP contribution in [0.5, 0.6) is 0 Å². The number of hydrogen-bond donors (Lipinski definition) is 0. The summed E-state index contributed by atoms with van der Waals surface area (Å²) < 4.78 is 5.00. The van der Waals surface area contributed by atoms with E-state index in [1.54, 1.807) is 18.3 Å². The maximum absolute atomic E-state index is 12.3. The van der Waals surface area contributed by atoms with Crippen molar-refractivity contribution < 1.29 is 9.53 Å². The molecule has 124 valence electrons. The summed E-state index contributed by atoms with van der Waals surface area (Å²) in [6, 6.07) is 0. The van der Waals surface area contributed by atoms with Crippen molar-refractivity contribution in [1.82, 2.24) is 4.90 Å². The van der Waals surface area contributed by atoms with E-state index in [9.17, 15) is 4.79 Å². The predicted octanol–water partition coefficient (Wildman–Crippen LogP) is 5.33. The third-order valence-electron chi connectivity index (χ3n) is 3.21. The van der Waals surface area contributed by atoms with Gasteiger partial charge in [0.15, 0.2) is 0 Å². The first-order chi connectivity index (χ1) is 10.6. The van der Waals surface area contributed by atoms with Crippen LogP contribution in [0.4, 0.5) is 0 Å². The number of nitrogens with zero attached hydrogens (tertiary/aromatic N) is 1. The fraction of sp³-hybridized carbons (Fsp3) is 0.526. The van der Waals surface area contributed by atoms with Gasteiger partial charge in [-0.1, -0.05) is 44.4 Å². The SMILES string of the molecule is C\C=C/C=C(\C=C\OC)N(C=C(C)CCCCC)C(=O)CC. The van der Waals surface area contributed by atoms with Gasteiger partial charge in [0.25, 0.3) is 0 Å². The van der Waals surface area contributed by atoms with Crippen LogP contribution in [0, 0.1) is 0 Å². The molecule has 0 aromatic heterocycles. The van der Waals surface area contributed by atoms with Crippen LogP contribution in [0.25, 0.3) is 0 Å². The Labute approximate surface area is 136 Å². The highest BCUT2D eigenvalue weighted by Crippen LogP contribution is 2.15. The van der Waals surface area contributed by atoms with Crippen LogP contribution in [-0.2, 0) is 9.53 Å². The average Bonchev–Trinajstić information content (AvgIpc) is 2.52. The molecule has 0 unspecified atom stereocenters. The lowest BCUT2D eigenvalue weighted by Crippen LogP contribution is -2.24. The molecule has 0 radical (unpaired) electrons. The standard InChI is InChI=1S/C19H31NO2/c1-6-9-11-12-17(4)16-20(19(21)8-3)18(13-10-7-2)14-15-22-5/h7,10,13-16H,6,8-9,11-12H2,1-5H3/b10-7-,15-14+,17-16?,18-13+. The monoisotopic (exact) mass is 305 g/mol. The number of hydrogen-bond acceptors (Lipinski definition) is 2. The summed E-state index contributed by atoms with van der Waals surface area (Å²) in [5.41, 5.74) is 2.02. The van der Waals surface area contributed by atoms with E-state index in [1.165, 1.54) is 18.4 Å². The fourth-order valence-electron chi connectivity index (χ4n) is 1.95. The lowest BCUT2D eigenvalue weighted by molar-refractivity contribution is -0.126. The normalized spacial score (nSPS) is 13.1. The van der Waals surface area contributed by atoms with Gasteiger partial charge in [-0.2, -0.15) is 0 Å². The van der Waals surface area contributed by atoms with Crippen molar-refractivity contribution in [3.63, 3.8) is 0 Å². The van der Waals surface area contributed by atoms with Crippen molar-refractivity contribution in [3.05, 3.63) is 48.0 Å². The van der Waals surface area contributed by atoms with E-state index in [-0.39, 0.29) is 5.91 Å². The van der Waals surface area contributed by atoms with E-state index in [0.29, 0.717) is 6.42 Å². The van der Waals surface area contributed by atoms with E-state index in [2.05, 4.69) is 13.8 Å². The summed E-state index contributed by atoms with van der Waals surface area (Å²) in [6.07, 6.45) is 16.2. The molecular weight excluding hydrogens is 274 g/mol. The van der Waals surface area contributed by atoms with Crippen molar-refractivity contribution in [1.29, 1.82) is 0 Å². The molecule has 0 spiro atoms. The Morgan fingerprint density at radius 2 is 1.95 bits per heavy atom. The predicted molar refractivity (Wildman–Crippen MR) is 94.1 cm³/mol. The first-order valence-corrected chi connectivity index (χ1v) is 8.12. The molecule has 3 heteroatoms. The highest BCUT2D eigenvalue weighted by atomic mass is 16.5. The van der Waals surface area contributed by atoms with Gasteiger partial charge in [-0.15, -0.1) is 0 Å². The summed E-state index contributed by atoms with van der Waals surface area (Å²) >= 11 is 0. The van der Waals surface area contributed by atoms with Crippen LogP contribution in [0.15, 0.2) is 48.0 Å². The van der Waals surface area contributed by atoms with E-state index >= 15 is 0 Å². The number of ether oxygens (including phenoxy) is 1. The molecule has 0 fully saturated rings. The number of amides is 1. The van der Waals surface area contributed by atoms with Gasteiger partial charge in [0.2, 0.25) is 5.91 Å². The van der Waals surface area contributed by atoms with Gasteiger partial charge in [0, 0.05) is 12.6 Å². The van der Waals surface area contributed by atoms with Gasteiger partial charge in [-0.05, 0) is 38.8 Å². The minimum Gasteiger partial charge on any atom is -0.504 e. The van der Waals surface area contributed by atoms with E-state index < -0.39 is 0 Å². The van der Waals surface area contributed by atoms with Crippen LogP contribution >= 0.6 is 0 Å². The molecule has 0 heterocycles. The molecular formula is C19H31NO2. The van der Waals surface area contributed by atoms with Crippen molar-refractivity contribution in [2.24, 2.45) is 0 Å². The lowest BCUT2D eigenvalue weighted by atomic mass is 10.1. The Morgan fingerprint density at radius 3 is 2.50 bits per heavy atom. The minimum atomic E-state index is 0.0753. The third kappa shape index (κ3) is 8.50. The number of carbonyl (C=O) groups is 1. The fourth-order valence-corrected chi connectivity index (χ4v) is 1.95. The van der Waals surface area contributed by atoms with Crippen LogP contribution in [0.2, 0.25) is 0 Å². The topological polar surface area (TPSA) is 29.5 Å². The second-order valence-electron chi connectivity index (χ2n) is 5.21. The van der Waals surface area contributed by atoms with E-state index in [1.807, 2.05) is 44.4 Å². The molecule has 0 rings (SSSR count). The Morgan fingerprint density at radius 1 is 1.23 bits per heavy atom. The van der Waals surface area contributed by atoms with Gasteiger partial charge in [-0.25, -0.2) is 0 Å². The number of unbranched alkanes of at least 4 members (excludes halogenated alkanes) is 2. The van der Waals surface area contributed by atoms with Gasteiger partial charge in [0.1, 0.15) is 0 Å². The van der Waals surface area contributed by atoms with Crippen LogP contribution in [0.1, 0.15) is 59.8 Å². The van der Waals surface area contributed by atoms with Gasteiger partial charge < -0.3 is 4.74 Å². The van der Waals surface area contributed by atoms with Gasteiger partial charge in [0.05, 0.1) is 19.1 Å². The molecule has 0 saturated carbocycles. The first-order valence-electron chi connectivity index (χ1n) is 8.12. The molecule has 0 saturated heterocycles. The summed E-state index contributed by atoms with van der Waals surface area (Å²) in [5, 5.41) is 0. The zero-order chi connectivity index (χ0) is 16.8. The van der Waals surface area contributed by atoms with Crippen molar-refractivity contribution in [2.45, 2.75) is 59.8 Å². The number of methoxy groups -OCH3 is 1. The van der Waals surface area contributed by atoms with Crippen molar-refractivity contribution in [3.8, 4) is 0 Å². The molecule has 0 bridgehead atoms. The van der Waals surface area contributed by atoms with Gasteiger partial charge in [-0.3, -0.25) is 9.69 Å². The molecule has 0 N–H and O–H groups in total. The summed E-state index contributed by atoms with van der Waals surface area (Å²) in [6.45, 7) is 8.10. The van der Waals surface area contributed by atoms with Crippen LogP contribution in [-0.4, -0.2) is 17.9 Å². The molecule has 22 heavy (non-hydrogen) atoms. The maximum Gasteiger partial charge on any atom is 0.230 e. The van der Waals surface area contributed by atoms with E-state index in [4.69, 9.17) is 4.74 Å². The quantitative estimate of drug-likeness (QED) is 0.310. The minimum absolute atomic E-state index is 0.0753. The highest BCUT2D eigenvalue weighted by Gasteiger charge is 2.12. The van der Waals surface area contributed by atoms with Crippen molar-refractivity contribution >= 4 is 5.91 Å². The highest BCUT2D eigenvalue weighted by molar-refractivity contribution is 5.79. The Bertz CT molecular complexity index is 431. The van der Waals surface area contributed by atoms with Crippen molar-refractivity contribution in [2.75, 3.05) is 7.11 Å². The zero-order valence-corrected chi connectivity index (χ0v) is 14.8. The van der Waals surface area contributed by atoms with Crippen LogP contribution in [0.3, 0.4) is 0 Å². The Kier molecular flexibility index (Phi) is 11.9. The lowest BCUT2D eigenvalue weighted by Gasteiger charge is -2.20. The first kappa shape index (κ1) is 20.2. The third-order valence-corrected chi connectivity index (χ3v) is 3.21. The molecule has 0 aromatic carbocycles. The molecule has 3 nitrogen and oxygen atoms in total. The largest absolute Gasteiger partial charge is 0.504 e. The average molecular weight is 305 g/mol. The summed E-state index contributed by atoms with van der Waals surface area (Å²) in [7, 11) is 1.60. The summed E-state index contributed by atoms with van der Waals surface area (Å²) in [4.78, 5) is 14.0. The number of rotatable bonds is 10. The molecule has 0 atom stereocenters. The van der Waals surface area contributed by atoms with E-state index in [0.717, 1.165) is 18.5 Å². The number of allylic oxidation sites excluding steroid dienone is 5. The molecule has 0 aromatic rings. The maximum atomic E-state index is 12.3. The second kappa shape index (κ2) is 12.9. The number of carbonyl (C=O) groups excluding carboxylic acids is 1. The second-order valence-corrected chi connectivity index (χ2v) is 5.21. The van der Waals surface area contributed by atoms with Gasteiger partial charge >= 0.3 is 0 Å². The molecule has 0 aliphatic rings. The Balaban J connectivity index is 5.33. The molecule has 0 aliphatic heterocycles. The van der Waals surface area contributed by atoms with Crippen LogP contribution < -0.4 is 0 Å².